The Hall–Kier alpha value is -0.120. The zero-order valence-corrected chi connectivity index (χ0v) is 10.4. The van der Waals surface area contributed by atoms with Crippen LogP contribution in [0.5, 0.6) is 0 Å². The molecular formula is C13H25NO2. The van der Waals surface area contributed by atoms with Crippen molar-refractivity contribution in [3.8, 4) is 0 Å². The van der Waals surface area contributed by atoms with Crippen molar-refractivity contribution in [2.24, 2.45) is 11.8 Å². The highest BCUT2D eigenvalue weighted by Crippen LogP contribution is 2.29. The number of aliphatic hydroxyl groups is 1. The molecule has 3 atom stereocenters. The summed E-state index contributed by atoms with van der Waals surface area (Å²) < 4.78 is 5.46. The van der Waals surface area contributed by atoms with E-state index >= 15 is 0 Å². The maximum atomic E-state index is 10.0. The van der Waals surface area contributed by atoms with Gasteiger partial charge in [-0.05, 0) is 37.5 Å². The summed E-state index contributed by atoms with van der Waals surface area (Å²) in [5.74, 6) is 1.28. The second-order valence-corrected chi connectivity index (χ2v) is 5.51. The second kappa shape index (κ2) is 5.99. The molecule has 1 saturated heterocycles. The van der Waals surface area contributed by atoms with Gasteiger partial charge in [0.15, 0.2) is 0 Å². The smallest absolute Gasteiger partial charge is 0.0593 e. The topological polar surface area (TPSA) is 32.7 Å². The molecule has 94 valence electrons. The van der Waals surface area contributed by atoms with Crippen molar-refractivity contribution in [2.45, 2.75) is 38.7 Å². The van der Waals surface area contributed by atoms with Crippen LogP contribution in [0, 0.1) is 11.8 Å². The van der Waals surface area contributed by atoms with E-state index in [0.29, 0.717) is 5.92 Å². The van der Waals surface area contributed by atoms with E-state index in [2.05, 4.69) is 11.8 Å². The normalized spacial score (nSPS) is 38.2. The molecule has 0 bridgehead atoms. The van der Waals surface area contributed by atoms with Crippen LogP contribution in [0.25, 0.3) is 0 Å². The lowest BCUT2D eigenvalue weighted by Gasteiger charge is -2.35. The van der Waals surface area contributed by atoms with Gasteiger partial charge in [0.05, 0.1) is 12.7 Å². The molecule has 1 heterocycles. The van der Waals surface area contributed by atoms with Crippen LogP contribution in [-0.4, -0.2) is 49.0 Å². The van der Waals surface area contributed by atoms with Crippen LogP contribution in [0.15, 0.2) is 0 Å². The zero-order chi connectivity index (χ0) is 11.4. The van der Waals surface area contributed by atoms with Crippen molar-refractivity contribution in [3.05, 3.63) is 0 Å². The molecule has 2 fully saturated rings. The summed E-state index contributed by atoms with van der Waals surface area (Å²) in [6.07, 6.45) is 4.45. The Balaban J connectivity index is 1.81. The molecule has 0 radical (unpaired) electrons. The lowest BCUT2D eigenvalue weighted by Crippen LogP contribution is -2.39. The fraction of sp³-hybridized carbons (Fsp3) is 1.00. The maximum absolute atomic E-state index is 10.0. The first kappa shape index (κ1) is 12.3. The molecule has 16 heavy (non-hydrogen) atoms. The minimum Gasteiger partial charge on any atom is -0.393 e. The van der Waals surface area contributed by atoms with Crippen molar-refractivity contribution in [1.29, 1.82) is 0 Å². The van der Waals surface area contributed by atoms with Crippen molar-refractivity contribution in [3.63, 3.8) is 0 Å². The molecule has 1 N–H and O–H groups in total. The number of nitrogens with zero attached hydrogens (tertiary/aromatic N) is 1. The maximum Gasteiger partial charge on any atom is 0.0593 e. The van der Waals surface area contributed by atoms with Gasteiger partial charge < -0.3 is 14.7 Å². The van der Waals surface area contributed by atoms with Crippen molar-refractivity contribution in [2.75, 3.05) is 32.8 Å². The average molecular weight is 227 g/mol. The number of rotatable bonds is 2. The summed E-state index contributed by atoms with van der Waals surface area (Å²) in [7, 11) is 0. The third-order valence-corrected chi connectivity index (χ3v) is 4.01. The van der Waals surface area contributed by atoms with E-state index in [0.717, 1.165) is 51.6 Å². The summed E-state index contributed by atoms with van der Waals surface area (Å²) in [4.78, 5) is 2.47. The van der Waals surface area contributed by atoms with Crippen molar-refractivity contribution < 1.29 is 9.84 Å². The van der Waals surface area contributed by atoms with E-state index < -0.39 is 0 Å². The summed E-state index contributed by atoms with van der Waals surface area (Å²) >= 11 is 0. The molecule has 0 aromatic heterocycles. The first-order valence-corrected chi connectivity index (χ1v) is 6.74. The molecular weight excluding hydrogens is 202 g/mol. The Bertz CT molecular complexity index is 202. The van der Waals surface area contributed by atoms with Gasteiger partial charge in [-0.2, -0.15) is 0 Å². The van der Waals surface area contributed by atoms with Gasteiger partial charge in [0.2, 0.25) is 0 Å². The molecule has 1 saturated carbocycles. The van der Waals surface area contributed by atoms with Gasteiger partial charge in [-0.3, -0.25) is 0 Å². The van der Waals surface area contributed by atoms with E-state index in [1.165, 1.54) is 12.8 Å². The fourth-order valence-electron chi connectivity index (χ4n) is 2.99. The van der Waals surface area contributed by atoms with E-state index in [9.17, 15) is 5.11 Å². The first-order chi connectivity index (χ1) is 7.75. The molecule has 3 unspecified atom stereocenters. The predicted octanol–water partition coefficient (Wildman–Crippen LogP) is 1.51. The van der Waals surface area contributed by atoms with Gasteiger partial charge in [0.1, 0.15) is 0 Å². The van der Waals surface area contributed by atoms with Crippen LogP contribution in [0.3, 0.4) is 0 Å². The molecule has 0 aromatic carbocycles. The summed E-state index contributed by atoms with van der Waals surface area (Å²) in [6.45, 7) is 7.31. The van der Waals surface area contributed by atoms with Crippen LogP contribution < -0.4 is 0 Å². The Morgan fingerprint density at radius 1 is 1.25 bits per heavy atom. The SMILES string of the molecule is CC1CCC(O)C(CN2CCCOCC2)C1. The van der Waals surface area contributed by atoms with Crippen LogP contribution in [0.1, 0.15) is 32.6 Å². The molecule has 0 aromatic rings. The van der Waals surface area contributed by atoms with Gasteiger partial charge in [0.25, 0.3) is 0 Å². The Morgan fingerprint density at radius 2 is 2.12 bits per heavy atom. The van der Waals surface area contributed by atoms with Gasteiger partial charge in [0, 0.05) is 26.2 Å². The lowest BCUT2D eigenvalue weighted by molar-refractivity contribution is 0.0299. The third kappa shape index (κ3) is 3.44. The van der Waals surface area contributed by atoms with Crippen LogP contribution >= 0.6 is 0 Å². The highest BCUT2D eigenvalue weighted by Gasteiger charge is 2.28. The largest absolute Gasteiger partial charge is 0.393 e. The van der Waals surface area contributed by atoms with E-state index in [1.54, 1.807) is 0 Å². The molecule has 0 spiro atoms. The van der Waals surface area contributed by atoms with Crippen molar-refractivity contribution >= 4 is 0 Å². The van der Waals surface area contributed by atoms with Gasteiger partial charge in [-0.1, -0.05) is 6.92 Å². The molecule has 2 rings (SSSR count). The Kier molecular flexibility index (Phi) is 4.62. The van der Waals surface area contributed by atoms with E-state index in [-0.39, 0.29) is 6.10 Å². The van der Waals surface area contributed by atoms with Crippen LogP contribution in [-0.2, 0) is 4.74 Å². The standard InChI is InChI=1S/C13H25NO2/c1-11-3-4-13(15)12(9-11)10-14-5-2-7-16-8-6-14/h11-13,15H,2-10H2,1H3. The molecule has 2 aliphatic rings. The van der Waals surface area contributed by atoms with Crippen LogP contribution in [0.4, 0.5) is 0 Å². The van der Waals surface area contributed by atoms with Gasteiger partial charge >= 0.3 is 0 Å². The molecule has 1 aliphatic carbocycles. The fourth-order valence-corrected chi connectivity index (χ4v) is 2.99. The minimum atomic E-state index is -0.0691. The zero-order valence-electron chi connectivity index (χ0n) is 10.4. The molecule has 3 heteroatoms. The summed E-state index contributed by atoms with van der Waals surface area (Å²) in [6, 6.07) is 0. The highest BCUT2D eigenvalue weighted by atomic mass is 16.5. The summed E-state index contributed by atoms with van der Waals surface area (Å²) in [5, 5.41) is 10.0. The Morgan fingerprint density at radius 3 is 3.00 bits per heavy atom. The number of aliphatic hydroxyl groups excluding tert-OH is 1. The van der Waals surface area contributed by atoms with Crippen molar-refractivity contribution in [1.82, 2.24) is 4.90 Å². The van der Waals surface area contributed by atoms with E-state index in [4.69, 9.17) is 4.74 Å². The van der Waals surface area contributed by atoms with Crippen LogP contribution in [0.2, 0.25) is 0 Å². The first-order valence-electron chi connectivity index (χ1n) is 6.74. The van der Waals surface area contributed by atoms with E-state index in [1.807, 2.05) is 0 Å². The monoisotopic (exact) mass is 227 g/mol. The summed E-state index contributed by atoms with van der Waals surface area (Å²) in [5.41, 5.74) is 0. The van der Waals surface area contributed by atoms with Gasteiger partial charge in [-0.15, -0.1) is 0 Å². The van der Waals surface area contributed by atoms with Gasteiger partial charge in [-0.25, -0.2) is 0 Å². The highest BCUT2D eigenvalue weighted by molar-refractivity contribution is 4.80. The molecule has 3 nitrogen and oxygen atoms in total. The second-order valence-electron chi connectivity index (χ2n) is 5.51. The third-order valence-electron chi connectivity index (χ3n) is 4.01. The Labute approximate surface area is 98.8 Å². The predicted molar refractivity (Wildman–Crippen MR) is 64.4 cm³/mol. The number of hydrogen-bond acceptors (Lipinski definition) is 3. The molecule has 0 amide bonds. The number of hydrogen-bond donors (Lipinski definition) is 1. The quantitative estimate of drug-likeness (QED) is 0.776. The number of ether oxygens (including phenoxy) is 1. The lowest BCUT2D eigenvalue weighted by atomic mass is 9.80. The average Bonchev–Trinajstić information content (AvgIpc) is 2.52. The minimum absolute atomic E-state index is 0.0691. The molecule has 1 aliphatic heterocycles.